The molecule has 3 N–H and O–H groups in total. The zero-order valence-corrected chi connectivity index (χ0v) is 17.8. The first-order chi connectivity index (χ1) is 16.0. The normalized spacial score (nSPS) is 14.1. The van der Waals surface area contributed by atoms with E-state index in [9.17, 15) is 49.7 Å². The van der Waals surface area contributed by atoms with Gasteiger partial charge in [-0.1, -0.05) is 18.2 Å². The van der Waals surface area contributed by atoms with Crippen molar-refractivity contribution in [1.82, 2.24) is 0 Å². The predicted octanol–water partition coefficient (Wildman–Crippen LogP) is 5.58. The zero-order chi connectivity index (χ0) is 26.7. The van der Waals surface area contributed by atoms with E-state index in [1.807, 2.05) is 0 Å². The van der Waals surface area contributed by atoms with Gasteiger partial charge >= 0.3 is 23.9 Å². The fourth-order valence-corrected chi connectivity index (χ4v) is 3.05. The second-order valence-corrected chi connectivity index (χ2v) is 7.72. The van der Waals surface area contributed by atoms with Gasteiger partial charge in [-0.25, -0.2) is 0 Å². The maximum atomic E-state index is 13.9. The fraction of sp³-hybridized carbons (Fsp3) is 0.455. The van der Waals surface area contributed by atoms with Crippen molar-refractivity contribution in [3.8, 4) is 22.6 Å². The quantitative estimate of drug-likeness (QED) is 0.339. The van der Waals surface area contributed by atoms with Crippen molar-refractivity contribution in [3.63, 3.8) is 0 Å². The Hall–Kier alpha value is -2.67. The number of hydrogen-bond donors (Lipinski definition) is 3. The van der Waals surface area contributed by atoms with Crippen LogP contribution >= 0.6 is 0 Å². The van der Waals surface area contributed by atoms with Crippen molar-refractivity contribution in [2.45, 2.75) is 49.3 Å². The minimum Gasteiger partial charge on any atom is -0.508 e. The van der Waals surface area contributed by atoms with Gasteiger partial charge in [0.1, 0.15) is 24.2 Å². The van der Waals surface area contributed by atoms with Crippen molar-refractivity contribution < 1.29 is 59.6 Å². The Bertz CT molecular complexity index is 976. The molecule has 0 aromatic heterocycles. The van der Waals surface area contributed by atoms with Gasteiger partial charge in [-0.15, -0.1) is 0 Å². The molecule has 35 heavy (non-hydrogen) atoms. The number of halogens is 9. The van der Waals surface area contributed by atoms with Gasteiger partial charge < -0.3 is 20.1 Å². The van der Waals surface area contributed by atoms with Crippen LogP contribution in [-0.4, -0.2) is 58.6 Å². The number of aryl methyl sites for hydroxylation is 1. The smallest absolute Gasteiger partial charge is 0.460 e. The van der Waals surface area contributed by atoms with Crippen molar-refractivity contribution in [2.75, 3.05) is 13.2 Å². The van der Waals surface area contributed by atoms with Crippen LogP contribution in [0.15, 0.2) is 42.5 Å². The number of ether oxygens (including phenoxy) is 1. The molecule has 2 aromatic rings. The van der Waals surface area contributed by atoms with Crippen LogP contribution in [0.2, 0.25) is 0 Å². The molecule has 0 fully saturated rings. The Kier molecular flexibility index (Phi) is 8.59. The molecule has 0 aliphatic carbocycles. The summed E-state index contributed by atoms with van der Waals surface area (Å²) < 4.78 is 123. The summed E-state index contributed by atoms with van der Waals surface area (Å²) in [7, 11) is 0. The highest BCUT2D eigenvalue weighted by Crippen LogP contribution is 2.54. The Morgan fingerprint density at radius 2 is 1.37 bits per heavy atom. The molecule has 0 heterocycles. The number of hydrogen-bond acceptors (Lipinski definition) is 4. The van der Waals surface area contributed by atoms with Crippen LogP contribution in [0.1, 0.15) is 18.4 Å². The second-order valence-electron chi connectivity index (χ2n) is 7.72. The van der Waals surface area contributed by atoms with E-state index in [0.29, 0.717) is 11.1 Å². The van der Waals surface area contributed by atoms with Crippen LogP contribution in [0.4, 0.5) is 39.5 Å². The largest absolute Gasteiger partial charge is 0.508 e. The van der Waals surface area contributed by atoms with Crippen LogP contribution in [-0.2, 0) is 6.42 Å². The van der Waals surface area contributed by atoms with Gasteiger partial charge in [0.2, 0.25) is 0 Å². The molecule has 0 amide bonds. The molecule has 0 aliphatic rings. The summed E-state index contributed by atoms with van der Waals surface area (Å²) in [6.45, 7) is -1.11. The fourth-order valence-electron chi connectivity index (χ4n) is 3.05. The second kappa shape index (κ2) is 10.5. The minimum atomic E-state index is -6.95. The number of alkyl halides is 9. The van der Waals surface area contributed by atoms with Gasteiger partial charge in [0.05, 0.1) is 6.61 Å². The van der Waals surface area contributed by atoms with Crippen LogP contribution in [0, 0.1) is 0 Å². The number of aliphatic hydroxyl groups is 2. The molecule has 13 heteroatoms. The molecule has 2 aromatic carbocycles. The van der Waals surface area contributed by atoms with Crippen molar-refractivity contribution in [2.24, 2.45) is 0 Å². The van der Waals surface area contributed by atoms with Gasteiger partial charge in [-0.2, -0.15) is 39.5 Å². The van der Waals surface area contributed by atoms with Gasteiger partial charge in [-0.3, -0.25) is 0 Å². The van der Waals surface area contributed by atoms with E-state index in [4.69, 9.17) is 9.84 Å². The van der Waals surface area contributed by atoms with E-state index in [2.05, 4.69) is 0 Å². The third-order valence-corrected chi connectivity index (χ3v) is 5.05. The lowest BCUT2D eigenvalue weighted by molar-refractivity contribution is -0.396. The first kappa shape index (κ1) is 28.6. The molecular formula is C22H21F9O4. The average molecular weight is 520 g/mol. The third-order valence-electron chi connectivity index (χ3n) is 5.05. The number of phenols is 1. The number of rotatable bonds is 11. The highest BCUT2D eigenvalue weighted by Gasteiger charge is 2.81. The van der Waals surface area contributed by atoms with Crippen LogP contribution < -0.4 is 4.74 Å². The Morgan fingerprint density at radius 1 is 0.800 bits per heavy atom. The molecular weight excluding hydrogens is 499 g/mol. The van der Waals surface area contributed by atoms with E-state index in [-0.39, 0.29) is 17.1 Å². The number of phenolic OH excluding ortho intramolecular Hbond substituents is 1. The molecule has 0 radical (unpaired) electrons. The van der Waals surface area contributed by atoms with Crippen molar-refractivity contribution >= 4 is 0 Å². The SMILES string of the molecule is OCC(O)COc1ccc(-c2ccc(O)cc2)cc1CCCC(F)(F)C(F)(F)C(F)(F)C(F)(F)F. The molecule has 0 saturated heterocycles. The Labute approximate surface area is 193 Å². The monoisotopic (exact) mass is 520 g/mol. The van der Waals surface area contributed by atoms with E-state index in [0.717, 1.165) is 0 Å². The molecule has 196 valence electrons. The lowest BCUT2D eigenvalue weighted by Crippen LogP contribution is -2.60. The van der Waals surface area contributed by atoms with Crippen molar-refractivity contribution in [3.05, 3.63) is 48.0 Å². The molecule has 1 atom stereocenters. The minimum absolute atomic E-state index is 0.0178. The summed E-state index contributed by atoms with van der Waals surface area (Å²) in [6, 6.07) is 9.92. The van der Waals surface area contributed by atoms with E-state index >= 15 is 0 Å². The number of benzene rings is 2. The summed E-state index contributed by atoms with van der Waals surface area (Å²) in [6.07, 6.45) is -11.6. The zero-order valence-electron chi connectivity index (χ0n) is 17.8. The third kappa shape index (κ3) is 6.31. The predicted molar refractivity (Wildman–Crippen MR) is 106 cm³/mol. The van der Waals surface area contributed by atoms with Crippen LogP contribution in [0.5, 0.6) is 11.5 Å². The maximum absolute atomic E-state index is 13.9. The van der Waals surface area contributed by atoms with Crippen molar-refractivity contribution in [1.29, 1.82) is 0 Å². The van der Waals surface area contributed by atoms with Crippen LogP contribution in [0.3, 0.4) is 0 Å². The lowest BCUT2D eigenvalue weighted by Gasteiger charge is -2.33. The van der Waals surface area contributed by atoms with E-state index in [1.54, 1.807) is 0 Å². The van der Waals surface area contributed by atoms with Crippen LogP contribution in [0.25, 0.3) is 11.1 Å². The molecule has 0 aliphatic heterocycles. The molecule has 0 saturated carbocycles. The first-order valence-corrected chi connectivity index (χ1v) is 10.1. The average Bonchev–Trinajstić information content (AvgIpc) is 2.77. The standard InChI is InChI=1S/C22H21F9O4/c23-19(24,20(25,26)21(27,28)22(29,30)31)9-1-2-15-10-14(13-3-6-16(33)7-4-13)5-8-18(15)35-12-17(34)11-32/h3-8,10,17,32-34H,1-2,9,11-12H2. The van der Waals surface area contributed by atoms with E-state index < -0.39 is 62.5 Å². The number of aromatic hydroxyl groups is 1. The van der Waals surface area contributed by atoms with Gasteiger partial charge in [0.25, 0.3) is 0 Å². The van der Waals surface area contributed by atoms with E-state index in [1.165, 1.54) is 42.5 Å². The topological polar surface area (TPSA) is 69.9 Å². The highest BCUT2D eigenvalue weighted by molar-refractivity contribution is 5.66. The van der Waals surface area contributed by atoms with Gasteiger partial charge in [0, 0.05) is 6.42 Å². The molecule has 4 nitrogen and oxygen atoms in total. The summed E-state index contributed by atoms with van der Waals surface area (Å²) >= 11 is 0. The maximum Gasteiger partial charge on any atom is 0.460 e. The first-order valence-electron chi connectivity index (χ1n) is 10.1. The number of aliphatic hydroxyl groups excluding tert-OH is 2. The summed E-state index contributed by atoms with van der Waals surface area (Å²) in [4.78, 5) is 0. The summed E-state index contributed by atoms with van der Waals surface area (Å²) in [5, 5.41) is 27.7. The Balaban J connectivity index is 2.27. The lowest BCUT2D eigenvalue weighted by atomic mass is 9.95. The molecule has 1 unspecified atom stereocenters. The van der Waals surface area contributed by atoms with Gasteiger partial charge in [-0.05, 0) is 53.8 Å². The molecule has 0 bridgehead atoms. The summed E-state index contributed by atoms with van der Waals surface area (Å²) in [5.74, 6) is -19.4. The molecule has 2 rings (SSSR count). The summed E-state index contributed by atoms with van der Waals surface area (Å²) in [5.41, 5.74) is 1.09. The highest BCUT2D eigenvalue weighted by atomic mass is 19.4. The Morgan fingerprint density at radius 3 is 1.91 bits per heavy atom. The molecule has 0 spiro atoms. The van der Waals surface area contributed by atoms with Gasteiger partial charge in [0.15, 0.2) is 0 Å².